The molecule has 2 nitrogen and oxygen atoms in total. The Labute approximate surface area is 268 Å². The summed E-state index contributed by atoms with van der Waals surface area (Å²) >= 11 is 0. The molecule has 0 aromatic rings. The van der Waals surface area contributed by atoms with Crippen LogP contribution in [-0.4, -0.2) is 42.9 Å². The van der Waals surface area contributed by atoms with Gasteiger partial charge < -0.3 is 9.59 Å². The highest BCUT2D eigenvalue weighted by atomic mass is 16.3. The standard InChI is InChI=1S/C40H84NO/c1-5-7-9-11-13-15-17-19-21-23-25-27-29-31-33-35-37-40(42)39-41(3,4)38-36-34-32-30-28-26-24-22-20-18-16-14-12-10-8-6-2/h40,42H,5-39H2,1-4H3/q+1. The van der Waals surface area contributed by atoms with Crippen LogP contribution in [0, 0.1) is 0 Å². The van der Waals surface area contributed by atoms with E-state index in [1.807, 2.05) is 0 Å². The van der Waals surface area contributed by atoms with Gasteiger partial charge in [-0.2, -0.15) is 0 Å². The van der Waals surface area contributed by atoms with Gasteiger partial charge in [0, 0.05) is 0 Å². The second-order valence-corrected chi connectivity index (χ2v) is 14.9. The summed E-state index contributed by atoms with van der Waals surface area (Å²) < 4.78 is 0.985. The topological polar surface area (TPSA) is 20.2 Å². The van der Waals surface area contributed by atoms with Crippen LogP contribution in [0.1, 0.15) is 226 Å². The van der Waals surface area contributed by atoms with Gasteiger partial charge in [-0.05, 0) is 19.3 Å². The molecule has 0 aromatic heterocycles. The van der Waals surface area contributed by atoms with Crippen LogP contribution >= 0.6 is 0 Å². The van der Waals surface area contributed by atoms with Crippen molar-refractivity contribution in [2.75, 3.05) is 27.2 Å². The Balaban J connectivity index is 3.38. The Kier molecular flexibility index (Phi) is 33.7. The maximum atomic E-state index is 10.6. The van der Waals surface area contributed by atoms with Gasteiger partial charge in [-0.1, -0.05) is 206 Å². The number of nitrogens with zero attached hydrogens (tertiary/aromatic N) is 1. The second-order valence-electron chi connectivity index (χ2n) is 14.9. The van der Waals surface area contributed by atoms with Crippen molar-refractivity contribution in [1.82, 2.24) is 0 Å². The van der Waals surface area contributed by atoms with Crippen LogP contribution in [0.15, 0.2) is 0 Å². The van der Waals surface area contributed by atoms with E-state index in [-0.39, 0.29) is 6.10 Å². The zero-order valence-electron chi connectivity index (χ0n) is 30.2. The third-order valence-corrected chi connectivity index (χ3v) is 9.71. The van der Waals surface area contributed by atoms with Gasteiger partial charge in [0.05, 0.1) is 20.6 Å². The minimum Gasteiger partial charge on any atom is -0.387 e. The van der Waals surface area contributed by atoms with E-state index in [9.17, 15) is 5.11 Å². The van der Waals surface area contributed by atoms with E-state index >= 15 is 0 Å². The average molecular weight is 595 g/mol. The number of unbranched alkanes of at least 4 members (excludes halogenated alkanes) is 30. The molecule has 0 amide bonds. The maximum Gasteiger partial charge on any atom is 0.105 e. The number of quaternary nitrogens is 1. The zero-order chi connectivity index (χ0) is 30.8. The number of hydrogen-bond acceptors (Lipinski definition) is 1. The summed E-state index contributed by atoms with van der Waals surface area (Å²) in [5.74, 6) is 0. The molecule has 0 heterocycles. The van der Waals surface area contributed by atoms with Crippen LogP contribution in [0.4, 0.5) is 0 Å². The second kappa shape index (κ2) is 33.8. The first-order chi connectivity index (χ1) is 20.5. The molecule has 2 heteroatoms. The lowest BCUT2D eigenvalue weighted by Gasteiger charge is -2.32. The Bertz CT molecular complexity index is 490. The average Bonchev–Trinajstić information content (AvgIpc) is 2.96. The van der Waals surface area contributed by atoms with Crippen LogP contribution in [0.3, 0.4) is 0 Å². The highest BCUT2D eigenvalue weighted by Crippen LogP contribution is 2.17. The minimum atomic E-state index is -0.118. The summed E-state index contributed by atoms with van der Waals surface area (Å²) in [4.78, 5) is 0. The van der Waals surface area contributed by atoms with E-state index in [0.29, 0.717) is 0 Å². The number of likely N-dealkylation sites (N-methyl/N-ethyl adjacent to an activating group) is 1. The molecule has 254 valence electrons. The molecular formula is C40H84NO+. The Morgan fingerprint density at radius 3 is 0.881 bits per heavy atom. The molecule has 0 spiro atoms. The molecule has 0 fully saturated rings. The molecular weight excluding hydrogens is 510 g/mol. The first kappa shape index (κ1) is 41.9. The van der Waals surface area contributed by atoms with E-state index in [0.717, 1.165) is 17.4 Å². The minimum absolute atomic E-state index is 0.118. The van der Waals surface area contributed by atoms with Crippen molar-refractivity contribution in [3.05, 3.63) is 0 Å². The van der Waals surface area contributed by atoms with Crippen molar-refractivity contribution >= 4 is 0 Å². The van der Waals surface area contributed by atoms with Gasteiger partial charge in [0.2, 0.25) is 0 Å². The summed E-state index contributed by atoms with van der Waals surface area (Å²) in [7, 11) is 4.64. The van der Waals surface area contributed by atoms with Gasteiger partial charge in [0.15, 0.2) is 0 Å². The van der Waals surface area contributed by atoms with Gasteiger partial charge in [-0.25, -0.2) is 0 Å². The highest BCUT2D eigenvalue weighted by Gasteiger charge is 2.19. The molecule has 0 aromatic carbocycles. The predicted molar refractivity (Wildman–Crippen MR) is 192 cm³/mol. The van der Waals surface area contributed by atoms with Crippen molar-refractivity contribution in [2.24, 2.45) is 0 Å². The van der Waals surface area contributed by atoms with Gasteiger partial charge in [0.25, 0.3) is 0 Å². The fourth-order valence-electron chi connectivity index (χ4n) is 6.77. The molecule has 1 unspecified atom stereocenters. The number of aliphatic hydroxyl groups excluding tert-OH is 1. The lowest BCUT2D eigenvalue weighted by molar-refractivity contribution is -0.893. The quantitative estimate of drug-likeness (QED) is 0.0565. The third-order valence-electron chi connectivity index (χ3n) is 9.71. The van der Waals surface area contributed by atoms with Crippen molar-refractivity contribution in [3.63, 3.8) is 0 Å². The molecule has 1 atom stereocenters. The summed E-state index contributed by atoms with van der Waals surface area (Å²) in [5, 5.41) is 10.6. The van der Waals surface area contributed by atoms with Crippen molar-refractivity contribution in [3.8, 4) is 0 Å². The number of hydrogen-bond donors (Lipinski definition) is 1. The van der Waals surface area contributed by atoms with Gasteiger partial charge in [-0.15, -0.1) is 0 Å². The van der Waals surface area contributed by atoms with Crippen molar-refractivity contribution in [2.45, 2.75) is 232 Å². The summed E-state index contributed by atoms with van der Waals surface area (Å²) in [6.45, 7) is 6.75. The normalized spacial score (nSPS) is 12.8. The van der Waals surface area contributed by atoms with Crippen LogP contribution in [-0.2, 0) is 0 Å². The maximum absolute atomic E-state index is 10.6. The van der Waals surface area contributed by atoms with Crippen LogP contribution in [0.25, 0.3) is 0 Å². The largest absolute Gasteiger partial charge is 0.387 e. The van der Waals surface area contributed by atoms with E-state index in [4.69, 9.17) is 0 Å². The molecule has 0 aliphatic rings. The van der Waals surface area contributed by atoms with E-state index in [2.05, 4.69) is 27.9 Å². The summed E-state index contributed by atoms with van der Waals surface area (Å²) in [5.41, 5.74) is 0. The molecule has 0 rings (SSSR count). The van der Waals surface area contributed by atoms with Crippen molar-refractivity contribution in [1.29, 1.82) is 0 Å². The van der Waals surface area contributed by atoms with Gasteiger partial charge in [-0.3, -0.25) is 0 Å². The molecule has 0 radical (unpaired) electrons. The fraction of sp³-hybridized carbons (Fsp3) is 1.00. The van der Waals surface area contributed by atoms with Gasteiger partial charge in [0.1, 0.15) is 12.6 Å². The summed E-state index contributed by atoms with van der Waals surface area (Å²) in [6, 6.07) is 0. The Morgan fingerprint density at radius 2 is 0.595 bits per heavy atom. The third kappa shape index (κ3) is 34.4. The molecule has 0 bridgehead atoms. The first-order valence-electron chi connectivity index (χ1n) is 20.0. The highest BCUT2D eigenvalue weighted by molar-refractivity contribution is 4.57. The lowest BCUT2D eigenvalue weighted by atomic mass is 10.0. The van der Waals surface area contributed by atoms with Crippen LogP contribution in [0.5, 0.6) is 0 Å². The summed E-state index contributed by atoms with van der Waals surface area (Å²) in [6.07, 6.45) is 46.3. The van der Waals surface area contributed by atoms with Crippen LogP contribution < -0.4 is 0 Å². The zero-order valence-corrected chi connectivity index (χ0v) is 30.2. The molecule has 42 heavy (non-hydrogen) atoms. The fourth-order valence-corrected chi connectivity index (χ4v) is 6.77. The monoisotopic (exact) mass is 595 g/mol. The van der Waals surface area contributed by atoms with Crippen LogP contribution in [0.2, 0.25) is 0 Å². The first-order valence-corrected chi connectivity index (χ1v) is 20.0. The molecule has 0 saturated heterocycles. The Hall–Kier alpha value is -0.0800. The van der Waals surface area contributed by atoms with E-state index in [1.54, 1.807) is 0 Å². The van der Waals surface area contributed by atoms with E-state index < -0.39 is 0 Å². The molecule has 0 aliphatic heterocycles. The molecule has 0 saturated carbocycles. The number of aliphatic hydroxyl groups is 1. The molecule has 1 N–H and O–H groups in total. The lowest BCUT2D eigenvalue weighted by Crippen LogP contribution is -2.45. The SMILES string of the molecule is CCCCCCCCCCCCCCCCCCC(O)C[N+](C)(C)CCCCCCCCCCCCCCCCCC. The van der Waals surface area contributed by atoms with E-state index in [1.165, 1.54) is 212 Å². The number of rotatable bonds is 36. The van der Waals surface area contributed by atoms with Gasteiger partial charge >= 0.3 is 0 Å². The molecule has 0 aliphatic carbocycles. The predicted octanol–water partition coefficient (Wildman–Crippen LogP) is 13.3. The Morgan fingerprint density at radius 1 is 0.357 bits per heavy atom. The van der Waals surface area contributed by atoms with Crippen molar-refractivity contribution < 1.29 is 9.59 Å². The smallest absolute Gasteiger partial charge is 0.105 e.